The third-order valence-electron chi connectivity index (χ3n) is 3.28. The van der Waals surface area contributed by atoms with Gasteiger partial charge in [0.25, 0.3) is 0 Å². The molecule has 1 aliphatic heterocycles. The van der Waals surface area contributed by atoms with Crippen LogP contribution in [-0.4, -0.2) is 36.9 Å². The number of nitrogens with one attached hydrogen (secondary N) is 1. The second-order valence-electron chi connectivity index (χ2n) is 4.53. The Morgan fingerprint density at radius 2 is 2.18 bits per heavy atom. The summed E-state index contributed by atoms with van der Waals surface area (Å²) in [6.07, 6.45) is 0.766. The van der Waals surface area contributed by atoms with Gasteiger partial charge in [0.05, 0.1) is 10.7 Å². The van der Waals surface area contributed by atoms with E-state index in [4.69, 9.17) is 16.7 Å². The predicted octanol–water partition coefficient (Wildman–Crippen LogP) is 1.89. The van der Waals surface area contributed by atoms with E-state index in [9.17, 15) is 0 Å². The lowest BCUT2D eigenvalue weighted by molar-refractivity contribution is 0.259. The summed E-state index contributed by atoms with van der Waals surface area (Å²) < 4.78 is 0. The Hall–Kier alpha value is -0.770. The minimum Gasteiger partial charge on any atom is -0.396 e. The first kappa shape index (κ1) is 12.7. The Morgan fingerprint density at radius 3 is 2.88 bits per heavy atom. The van der Waals surface area contributed by atoms with Crippen LogP contribution in [0, 0.1) is 0 Å². The molecule has 17 heavy (non-hydrogen) atoms. The smallest absolute Gasteiger partial charge is 0.0639 e. The van der Waals surface area contributed by atoms with Crippen molar-refractivity contribution in [2.75, 3.05) is 24.6 Å². The number of hydrogen-bond acceptors (Lipinski definition) is 3. The number of hydrogen-bond donors (Lipinski definition) is 2. The van der Waals surface area contributed by atoms with E-state index in [-0.39, 0.29) is 6.61 Å². The molecular formula is C13H19ClN2O. The highest BCUT2D eigenvalue weighted by atomic mass is 35.5. The lowest BCUT2D eigenvalue weighted by Crippen LogP contribution is -2.56. The number of halogens is 1. The summed E-state index contributed by atoms with van der Waals surface area (Å²) in [7, 11) is 0. The molecule has 0 spiro atoms. The molecule has 1 heterocycles. The van der Waals surface area contributed by atoms with E-state index in [1.54, 1.807) is 0 Å². The molecule has 0 amide bonds. The van der Waals surface area contributed by atoms with Crippen LogP contribution < -0.4 is 10.2 Å². The lowest BCUT2D eigenvalue weighted by Gasteiger charge is -2.43. The summed E-state index contributed by atoms with van der Waals surface area (Å²) in [6.45, 7) is 4.24. The fraction of sp³-hybridized carbons (Fsp3) is 0.538. The minimum atomic E-state index is 0.208. The van der Waals surface area contributed by atoms with Gasteiger partial charge in [-0.25, -0.2) is 0 Å². The molecular weight excluding hydrogens is 236 g/mol. The van der Waals surface area contributed by atoms with Crippen LogP contribution in [0.3, 0.4) is 0 Å². The number of para-hydroxylation sites is 1. The molecule has 0 radical (unpaired) electrons. The van der Waals surface area contributed by atoms with Crippen molar-refractivity contribution < 1.29 is 5.11 Å². The van der Waals surface area contributed by atoms with E-state index in [0.29, 0.717) is 12.1 Å². The van der Waals surface area contributed by atoms with Crippen molar-refractivity contribution in [2.45, 2.75) is 25.4 Å². The number of aliphatic hydroxyl groups excluding tert-OH is 1. The van der Waals surface area contributed by atoms with Crippen molar-refractivity contribution >= 4 is 17.3 Å². The van der Waals surface area contributed by atoms with E-state index in [1.165, 1.54) is 0 Å². The number of nitrogens with zero attached hydrogens (tertiary/aromatic N) is 1. The maximum absolute atomic E-state index is 9.15. The van der Waals surface area contributed by atoms with Gasteiger partial charge in [0.15, 0.2) is 0 Å². The third kappa shape index (κ3) is 2.73. The Balaban J connectivity index is 2.28. The maximum atomic E-state index is 9.15. The Morgan fingerprint density at radius 1 is 1.41 bits per heavy atom. The zero-order valence-electron chi connectivity index (χ0n) is 10.1. The van der Waals surface area contributed by atoms with Gasteiger partial charge in [-0.2, -0.15) is 0 Å². The predicted molar refractivity (Wildman–Crippen MR) is 71.8 cm³/mol. The molecule has 1 saturated heterocycles. The molecule has 2 atom stereocenters. The van der Waals surface area contributed by atoms with Crippen molar-refractivity contribution in [3.63, 3.8) is 0 Å². The molecule has 0 aromatic heterocycles. The molecule has 1 aliphatic rings. The Bertz CT molecular complexity index is 370. The lowest BCUT2D eigenvalue weighted by atomic mass is 10.0. The molecule has 0 aliphatic carbocycles. The first-order chi connectivity index (χ1) is 8.24. The zero-order valence-corrected chi connectivity index (χ0v) is 10.8. The summed E-state index contributed by atoms with van der Waals surface area (Å²) in [6, 6.07) is 8.62. The Labute approximate surface area is 107 Å². The van der Waals surface area contributed by atoms with Crippen LogP contribution in [-0.2, 0) is 0 Å². The van der Waals surface area contributed by atoms with Gasteiger partial charge in [0, 0.05) is 31.8 Å². The topological polar surface area (TPSA) is 35.5 Å². The first-order valence-corrected chi connectivity index (χ1v) is 6.46. The van der Waals surface area contributed by atoms with Crippen molar-refractivity contribution in [3.05, 3.63) is 29.3 Å². The minimum absolute atomic E-state index is 0.208. The van der Waals surface area contributed by atoms with Crippen LogP contribution in [0.4, 0.5) is 5.69 Å². The summed E-state index contributed by atoms with van der Waals surface area (Å²) in [5.74, 6) is 0. The SMILES string of the molecule is CC1CNCC(CCO)N1c1ccccc1Cl. The highest BCUT2D eigenvalue weighted by Gasteiger charge is 2.28. The van der Waals surface area contributed by atoms with E-state index >= 15 is 0 Å². The number of benzene rings is 1. The largest absolute Gasteiger partial charge is 0.396 e. The van der Waals surface area contributed by atoms with Gasteiger partial charge in [0.2, 0.25) is 0 Å². The first-order valence-electron chi connectivity index (χ1n) is 6.08. The van der Waals surface area contributed by atoms with Gasteiger partial charge < -0.3 is 15.3 Å². The maximum Gasteiger partial charge on any atom is 0.0639 e. The highest BCUT2D eigenvalue weighted by Crippen LogP contribution is 2.30. The van der Waals surface area contributed by atoms with E-state index in [2.05, 4.69) is 23.2 Å². The molecule has 0 bridgehead atoms. The highest BCUT2D eigenvalue weighted by molar-refractivity contribution is 6.33. The number of rotatable bonds is 3. The number of piperazine rings is 1. The average molecular weight is 255 g/mol. The zero-order chi connectivity index (χ0) is 12.3. The monoisotopic (exact) mass is 254 g/mol. The van der Waals surface area contributed by atoms with E-state index in [0.717, 1.165) is 30.2 Å². The van der Waals surface area contributed by atoms with Gasteiger partial charge in [-0.15, -0.1) is 0 Å². The Kier molecular flexibility index (Phi) is 4.26. The van der Waals surface area contributed by atoms with Crippen LogP contribution in [0.2, 0.25) is 5.02 Å². The van der Waals surface area contributed by atoms with Crippen molar-refractivity contribution in [1.29, 1.82) is 0 Å². The molecule has 4 heteroatoms. The van der Waals surface area contributed by atoms with Crippen molar-refractivity contribution in [3.8, 4) is 0 Å². The van der Waals surface area contributed by atoms with Gasteiger partial charge in [-0.3, -0.25) is 0 Å². The van der Waals surface area contributed by atoms with E-state index < -0.39 is 0 Å². The molecule has 94 valence electrons. The summed E-state index contributed by atoms with van der Waals surface area (Å²) in [5, 5.41) is 13.3. The summed E-state index contributed by atoms with van der Waals surface area (Å²) in [5.41, 5.74) is 1.07. The molecule has 1 aromatic carbocycles. The van der Waals surface area contributed by atoms with Crippen LogP contribution in [0.15, 0.2) is 24.3 Å². The molecule has 0 saturated carbocycles. The number of aliphatic hydroxyl groups is 1. The fourth-order valence-corrected chi connectivity index (χ4v) is 2.73. The molecule has 1 fully saturated rings. The van der Waals surface area contributed by atoms with Crippen LogP contribution in [0.5, 0.6) is 0 Å². The molecule has 2 N–H and O–H groups in total. The number of anilines is 1. The van der Waals surface area contributed by atoms with Crippen LogP contribution >= 0.6 is 11.6 Å². The van der Waals surface area contributed by atoms with E-state index in [1.807, 2.05) is 18.2 Å². The molecule has 3 nitrogen and oxygen atoms in total. The van der Waals surface area contributed by atoms with Crippen LogP contribution in [0.25, 0.3) is 0 Å². The second kappa shape index (κ2) is 5.71. The second-order valence-corrected chi connectivity index (χ2v) is 4.94. The fourth-order valence-electron chi connectivity index (χ4n) is 2.50. The van der Waals surface area contributed by atoms with Crippen molar-refractivity contribution in [1.82, 2.24) is 5.32 Å². The molecule has 2 rings (SSSR count). The van der Waals surface area contributed by atoms with Gasteiger partial charge in [-0.05, 0) is 25.5 Å². The molecule has 1 aromatic rings. The average Bonchev–Trinajstić information content (AvgIpc) is 2.31. The van der Waals surface area contributed by atoms with Crippen LogP contribution in [0.1, 0.15) is 13.3 Å². The van der Waals surface area contributed by atoms with Gasteiger partial charge in [-0.1, -0.05) is 23.7 Å². The summed E-state index contributed by atoms with van der Waals surface area (Å²) >= 11 is 6.26. The third-order valence-corrected chi connectivity index (χ3v) is 3.60. The van der Waals surface area contributed by atoms with Gasteiger partial charge in [0.1, 0.15) is 0 Å². The summed E-state index contributed by atoms with van der Waals surface area (Å²) in [4.78, 5) is 2.33. The molecule has 2 unspecified atom stereocenters. The van der Waals surface area contributed by atoms with Gasteiger partial charge >= 0.3 is 0 Å². The van der Waals surface area contributed by atoms with Crippen molar-refractivity contribution in [2.24, 2.45) is 0 Å². The standard InChI is InChI=1S/C13H19ClN2O/c1-10-8-15-9-11(6-7-17)16(10)13-5-3-2-4-12(13)14/h2-5,10-11,15,17H,6-9H2,1H3. The normalized spacial score (nSPS) is 25.0. The quantitative estimate of drug-likeness (QED) is 0.865.